The predicted octanol–water partition coefficient (Wildman–Crippen LogP) is 1.37. The summed E-state index contributed by atoms with van der Waals surface area (Å²) in [6.07, 6.45) is 0.317. The highest BCUT2D eigenvalue weighted by Gasteiger charge is 2.31. The molecule has 1 unspecified atom stereocenters. The Morgan fingerprint density at radius 2 is 2.11 bits per heavy atom. The second kappa shape index (κ2) is 4.42. The summed E-state index contributed by atoms with van der Waals surface area (Å²) < 4.78 is 27.5. The Bertz CT molecular complexity index is 644. The molecule has 0 radical (unpaired) electrons. The van der Waals surface area contributed by atoms with Crippen molar-refractivity contribution in [3.05, 3.63) is 29.8 Å². The Balaban J connectivity index is 2.46. The van der Waals surface area contributed by atoms with E-state index in [9.17, 15) is 8.42 Å². The zero-order valence-electron chi connectivity index (χ0n) is 10.2. The monoisotopic (exact) mass is 263 g/mol. The van der Waals surface area contributed by atoms with E-state index in [0.717, 1.165) is 0 Å². The summed E-state index contributed by atoms with van der Waals surface area (Å²) in [7, 11) is -1.84. The van der Waals surface area contributed by atoms with Gasteiger partial charge in [0.1, 0.15) is 4.90 Å². The Kier molecular flexibility index (Phi) is 3.09. The summed E-state index contributed by atoms with van der Waals surface area (Å²) in [4.78, 5) is 1.96. The van der Waals surface area contributed by atoms with Crippen LogP contribution in [0.15, 0.2) is 33.6 Å². The van der Waals surface area contributed by atoms with E-state index in [0.29, 0.717) is 17.8 Å². The van der Waals surface area contributed by atoms with Crippen molar-refractivity contribution in [2.45, 2.75) is 24.3 Å². The van der Waals surface area contributed by atoms with Crippen LogP contribution in [0.3, 0.4) is 0 Å². The topological polar surface area (TPSA) is 73.5 Å². The maximum Gasteiger partial charge on any atom is 0.285 e. The van der Waals surface area contributed by atoms with Crippen LogP contribution in [0.1, 0.15) is 18.9 Å². The molecule has 0 N–H and O–H groups in total. The lowest BCUT2D eigenvalue weighted by Crippen LogP contribution is -2.34. The van der Waals surface area contributed by atoms with Crippen molar-refractivity contribution in [2.24, 2.45) is 4.40 Å². The summed E-state index contributed by atoms with van der Waals surface area (Å²) in [6.45, 7) is 1.86. The van der Waals surface area contributed by atoms with Crippen LogP contribution in [0.25, 0.3) is 0 Å². The van der Waals surface area contributed by atoms with Crippen molar-refractivity contribution in [1.29, 1.82) is 5.26 Å². The molecule has 1 aliphatic rings. The number of benzene rings is 1. The first-order valence-electron chi connectivity index (χ1n) is 5.51. The van der Waals surface area contributed by atoms with Crippen molar-refractivity contribution >= 4 is 15.9 Å². The highest BCUT2D eigenvalue weighted by Crippen LogP contribution is 2.27. The third kappa shape index (κ3) is 1.97. The molecule has 1 aromatic rings. The quantitative estimate of drug-likeness (QED) is 0.807. The molecular formula is C12H13N3O2S. The highest BCUT2D eigenvalue weighted by atomic mass is 32.2. The van der Waals surface area contributed by atoms with Gasteiger partial charge >= 0.3 is 0 Å². The molecule has 94 valence electrons. The molecule has 0 fully saturated rings. The number of rotatable bonds is 2. The maximum absolute atomic E-state index is 11.9. The number of sulfonamides is 1. The van der Waals surface area contributed by atoms with Gasteiger partial charge in [-0.3, -0.25) is 0 Å². The molecule has 5 nitrogen and oxygen atoms in total. The Morgan fingerprint density at radius 3 is 2.78 bits per heavy atom. The van der Waals surface area contributed by atoms with Gasteiger partial charge in [0.25, 0.3) is 10.0 Å². The van der Waals surface area contributed by atoms with Gasteiger partial charge in [0.05, 0.1) is 12.5 Å². The molecule has 0 amide bonds. The summed E-state index contributed by atoms with van der Waals surface area (Å²) in [6, 6.07) is 8.71. The van der Waals surface area contributed by atoms with Crippen molar-refractivity contribution < 1.29 is 8.42 Å². The van der Waals surface area contributed by atoms with Gasteiger partial charge in [-0.1, -0.05) is 12.1 Å². The molecule has 1 aromatic carbocycles. The minimum absolute atomic E-state index is 0.0879. The first-order valence-corrected chi connectivity index (χ1v) is 6.95. The summed E-state index contributed by atoms with van der Waals surface area (Å²) >= 11 is 0. The van der Waals surface area contributed by atoms with Crippen LogP contribution in [-0.4, -0.2) is 32.2 Å². The fourth-order valence-corrected chi connectivity index (χ4v) is 3.06. The molecule has 0 saturated carbocycles. The smallest absolute Gasteiger partial charge is 0.285 e. The van der Waals surface area contributed by atoms with Crippen LogP contribution in [0.4, 0.5) is 0 Å². The number of nitriles is 1. The van der Waals surface area contributed by atoms with Gasteiger partial charge in [-0.25, -0.2) is 0 Å². The van der Waals surface area contributed by atoms with Crippen molar-refractivity contribution in [2.75, 3.05) is 7.05 Å². The van der Waals surface area contributed by atoms with E-state index < -0.39 is 10.0 Å². The molecule has 2 rings (SSSR count). The Labute approximate surface area is 106 Å². The first-order chi connectivity index (χ1) is 8.47. The van der Waals surface area contributed by atoms with E-state index >= 15 is 0 Å². The van der Waals surface area contributed by atoms with Gasteiger partial charge in [0.15, 0.2) is 5.84 Å². The molecule has 0 saturated heterocycles. The van der Waals surface area contributed by atoms with Gasteiger partial charge < -0.3 is 4.90 Å². The molecule has 1 atom stereocenters. The van der Waals surface area contributed by atoms with E-state index in [1.165, 1.54) is 0 Å². The molecular weight excluding hydrogens is 250 g/mol. The number of nitrogens with zero attached hydrogens (tertiary/aromatic N) is 3. The number of amidine groups is 1. The van der Waals surface area contributed by atoms with Crippen LogP contribution in [-0.2, 0) is 10.0 Å². The second-order valence-corrected chi connectivity index (χ2v) is 5.78. The molecule has 0 aliphatic carbocycles. The zero-order valence-corrected chi connectivity index (χ0v) is 11.0. The SMILES string of the molecule is CC(CC#N)N(C)C1=NS(=O)(=O)c2ccccc21. The standard InChI is InChI=1S/C12H13N3O2S/c1-9(7-8-13)15(2)12-10-5-3-4-6-11(10)18(16,17)14-12/h3-6,9H,7H2,1-2H3. The van der Waals surface area contributed by atoms with Crippen molar-refractivity contribution in [3.63, 3.8) is 0 Å². The molecule has 1 heterocycles. The minimum atomic E-state index is -3.58. The first kappa shape index (κ1) is 12.6. The lowest BCUT2D eigenvalue weighted by molar-refractivity contribution is 0.397. The fraction of sp³-hybridized carbons (Fsp3) is 0.333. The van der Waals surface area contributed by atoms with E-state index in [1.54, 1.807) is 36.2 Å². The predicted molar refractivity (Wildman–Crippen MR) is 67.6 cm³/mol. The summed E-state index contributed by atoms with van der Waals surface area (Å²) in [5.41, 5.74) is 0.602. The third-order valence-electron chi connectivity index (χ3n) is 2.99. The van der Waals surface area contributed by atoms with Crippen LogP contribution in [0.2, 0.25) is 0 Å². The lowest BCUT2D eigenvalue weighted by Gasteiger charge is -2.24. The normalized spacial score (nSPS) is 17.5. The van der Waals surface area contributed by atoms with Crippen LogP contribution >= 0.6 is 0 Å². The Hall–Kier alpha value is -1.87. The Morgan fingerprint density at radius 1 is 1.44 bits per heavy atom. The number of fused-ring (bicyclic) bond motifs is 1. The molecule has 6 heteroatoms. The van der Waals surface area contributed by atoms with E-state index in [4.69, 9.17) is 5.26 Å². The van der Waals surface area contributed by atoms with Gasteiger partial charge in [0.2, 0.25) is 0 Å². The molecule has 0 bridgehead atoms. The van der Waals surface area contributed by atoms with Gasteiger partial charge in [0, 0.05) is 18.7 Å². The van der Waals surface area contributed by atoms with Crippen LogP contribution in [0.5, 0.6) is 0 Å². The van der Waals surface area contributed by atoms with Crippen molar-refractivity contribution in [3.8, 4) is 6.07 Å². The molecule has 1 aliphatic heterocycles. The van der Waals surface area contributed by atoms with Gasteiger partial charge in [-0.15, -0.1) is 4.40 Å². The zero-order chi connectivity index (χ0) is 13.3. The summed E-state index contributed by atoms with van der Waals surface area (Å²) in [5, 5.41) is 8.69. The molecule has 0 aromatic heterocycles. The minimum Gasteiger partial charge on any atom is -0.355 e. The van der Waals surface area contributed by atoms with Gasteiger partial charge in [-0.05, 0) is 19.1 Å². The molecule has 0 spiro atoms. The van der Waals surface area contributed by atoms with Crippen LogP contribution in [0, 0.1) is 11.3 Å². The van der Waals surface area contributed by atoms with Crippen LogP contribution < -0.4 is 0 Å². The molecule has 18 heavy (non-hydrogen) atoms. The third-order valence-corrected chi connectivity index (χ3v) is 4.32. The largest absolute Gasteiger partial charge is 0.355 e. The van der Waals surface area contributed by atoms with E-state index in [-0.39, 0.29) is 10.9 Å². The van der Waals surface area contributed by atoms with E-state index in [1.807, 2.05) is 6.92 Å². The maximum atomic E-state index is 11.9. The van der Waals surface area contributed by atoms with Gasteiger partial charge in [-0.2, -0.15) is 13.7 Å². The van der Waals surface area contributed by atoms with E-state index in [2.05, 4.69) is 10.5 Å². The average molecular weight is 263 g/mol. The fourth-order valence-electron chi connectivity index (χ4n) is 1.82. The second-order valence-electron chi connectivity index (χ2n) is 4.21. The number of hydrogen-bond donors (Lipinski definition) is 0. The lowest BCUT2D eigenvalue weighted by atomic mass is 10.1. The highest BCUT2D eigenvalue weighted by molar-refractivity contribution is 7.90. The number of hydrogen-bond acceptors (Lipinski definition) is 4. The van der Waals surface area contributed by atoms with Crippen molar-refractivity contribution in [1.82, 2.24) is 4.90 Å². The summed E-state index contributed by atoms with van der Waals surface area (Å²) in [5.74, 6) is 0.411. The average Bonchev–Trinajstić information content (AvgIpc) is 2.62.